The molecule has 1 rings (SSSR count). The van der Waals surface area contributed by atoms with E-state index in [1.807, 2.05) is 0 Å². The zero-order chi connectivity index (χ0) is 13.0. The Labute approximate surface area is 97.3 Å². The van der Waals surface area contributed by atoms with Crippen molar-refractivity contribution < 1.29 is 14.9 Å². The van der Waals surface area contributed by atoms with Gasteiger partial charge in [0.05, 0.1) is 12.7 Å². The Morgan fingerprint density at radius 2 is 2.18 bits per heavy atom. The number of aliphatic hydroxyl groups excluding tert-OH is 2. The van der Waals surface area contributed by atoms with E-state index < -0.39 is 23.5 Å². The number of hydrogen-bond donors (Lipinski definition) is 3. The number of H-pyrrole nitrogens is 1. The molecule has 1 unspecified atom stereocenters. The van der Waals surface area contributed by atoms with Crippen LogP contribution in [0.5, 0.6) is 0 Å². The molecule has 0 saturated heterocycles. The Morgan fingerprint density at radius 3 is 2.71 bits per heavy atom. The lowest BCUT2D eigenvalue weighted by Crippen LogP contribution is -2.35. The van der Waals surface area contributed by atoms with E-state index >= 15 is 0 Å². The van der Waals surface area contributed by atoms with E-state index in [1.54, 1.807) is 6.92 Å². The number of hydrogen-bond acceptors (Lipinski definition) is 5. The number of aromatic nitrogens is 2. The minimum Gasteiger partial charge on any atom is -0.394 e. The van der Waals surface area contributed by atoms with Crippen LogP contribution in [0.1, 0.15) is 12.5 Å². The van der Waals surface area contributed by atoms with Crippen molar-refractivity contribution in [1.29, 1.82) is 0 Å². The van der Waals surface area contributed by atoms with Gasteiger partial charge in [-0.05, 0) is 13.8 Å². The van der Waals surface area contributed by atoms with Crippen LogP contribution in [0.15, 0.2) is 15.8 Å². The largest absolute Gasteiger partial charge is 0.394 e. The predicted molar refractivity (Wildman–Crippen MR) is 59.7 cm³/mol. The lowest BCUT2D eigenvalue weighted by Gasteiger charge is -2.18. The SMILES string of the molecule is Cc1cn(COC(CO)[C@@H](C)O)c(=O)[nH]c1=O. The van der Waals surface area contributed by atoms with Gasteiger partial charge in [0, 0.05) is 11.8 Å². The van der Waals surface area contributed by atoms with E-state index in [2.05, 4.69) is 4.98 Å². The summed E-state index contributed by atoms with van der Waals surface area (Å²) in [5, 5.41) is 18.1. The van der Waals surface area contributed by atoms with Crippen LogP contribution in [-0.2, 0) is 11.5 Å². The van der Waals surface area contributed by atoms with Gasteiger partial charge >= 0.3 is 5.69 Å². The second-order valence-corrected chi connectivity index (χ2v) is 3.80. The molecule has 0 saturated carbocycles. The molecule has 2 atom stereocenters. The quantitative estimate of drug-likeness (QED) is 0.588. The first kappa shape index (κ1) is 13.6. The zero-order valence-corrected chi connectivity index (χ0v) is 9.71. The number of ether oxygens (including phenoxy) is 1. The van der Waals surface area contributed by atoms with Crippen molar-refractivity contribution >= 4 is 0 Å². The number of aromatic amines is 1. The monoisotopic (exact) mass is 244 g/mol. The van der Waals surface area contributed by atoms with E-state index in [9.17, 15) is 14.7 Å². The van der Waals surface area contributed by atoms with Crippen LogP contribution >= 0.6 is 0 Å². The first-order chi connectivity index (χ1) is 7.95. The minimum atomic E-state index is -0.848. The summed E-state index contributed by atoms with van der Waals surface area (Å²) in [6.07, 6.45) is -0.258. The summed E-state index contributed by atoms with van der Waals surface area (Å²) in [5.41, 5.74) is -0.658. The fourth-order valence-corrected chi connectivity index (χ4v) is 1.23. The van der Waals surface area contributed by atoms with Crippen LogP contribution in [0.3, 0.4) is 0 Å². The molecule has 1 heterocycles. The van der Waals surface area contributed by atoms with E-state index in [0.717, 1.165) is 4.57 Å². The highest BCUT2D eigenvalue weighted by molar-refractivity contribution is 5.00. The van der Waals surface area contributed by atoms with Crippen LogP contribution in [0, 0.1) is 6.92 Å². The van der Waals surface area contributed by atoms with E-state index in [4.69, 9.17) is 9.84 Å². The fourth-order valence-electron chi connectivity index (χ4n) is 1.23. The number of aryl methyl sites for hydroxylation is 1. The Hall–Kier alpha value is -1.44. The summed E-state index contributed by atoms with van der Waals surface area (Å²) in [6.45, 7) is 2.54. The van der Waals surface area contributed by atoms with Gasteiger partial charge in [0.25, 0.3) is 5.56 Å². The molecule has 1 aromatic heterocycles. The molecule has 96 valence electrons. The molecule has 3 N–H and O–H groups in total. The zero-order valence-electron chi connectivity index (χ0n) is 9.71. The molecule has 0 fully saturated rings. The molecule has 0 amide bonds. The van der Waals surface area contributed by atoms with Crippen molar-refractivity contribution in [1.82, 2.24) is 9.55 Å². The lowest BCUT2D eigenvalue weighted by molar-refractivity contribution is -0.0824. The third-order valence-electron chi connectivity index (χ3n) is 2.33. The molecule has 0 aliphatic rings. The second-order valence-electron chi connectivity index (χ2n) is 3.80. The third-order valence-corrected chi connectivity index (χ3v) is 2.33. The summed E-state index contributed by atoms with van der Waals surface area (Å²) in [7, 11) is 0. The molecule has 7 nitrogen and oxygen atoms in total. The highest BCUT2D eigenvalue weighted by atomic mass is 16.5. The van der Waals surface area contributed by atoms with Crippen molar-refractivity contribution in [3.63, 3.8) is 0 Å². The molecular formula is C10H16N2O5. The van der Waals surface area contributed by atoms with Crippen molar-refractivity contribution in [2.45, 2.75) is 32.8 Å². The van der Waals surface area contributed by atoms with Crippen molar-refractivity contribution in [3.05, 3.63) is 32.6 Å². The summed E-state index contributed by atoms with van der Waals surface area (Å²) in [6, 6.07) is 0. The highest BCUT2D eigenvalue weighted by Gasteiger charge is 2.14. The summed E-state index contributed by atoms with van der Waals surface area (Å²) in [5.74, 6) is 0. The highest BCUT2D eigenvalue weighted by Crippen LogP contribution is 1.99. The van der Waals surface area contributed by atoms with Crippen LogP contribution in [0.25, 0.3) is 0 Å². The van der Waals surface area contributed by atoms with Gasteiger partial charge in [0.1, 0.15) is 12.8 Å². The summed E-state index contributed by atoms with van der Waals surface area (Å²) < 4.78 is 6.31. The van der Waals surface area contributed by atoms with Crippen LogP contribution in [-0.4, -0.2) is 38.6 Å². The van der Waals surface area contributed by atoms with Crippen LogP contribution < -0.4 is 11.2 Å². The topological polar surface area (TPSA) is 105 Å². The first-order valence-electron chi connectivity index (χ1n) is 5.16. The standard InChI is InChI=1S/C10H16N2O5/c1-6-3-12(10(16)11-9(6)15)5-17-8(4-13)7(2)14/h3,7-8,13-14H,4-5H2,1-2H3,(H,11,15,16)/t7-,8?/m1/s1. The molecular weight excluding hydrogens is 228 g/mol. The number of aliphatic hydroxyl groups is 2. The molecule has 0 bridgehead atoms. The van der Waals surface area contributed by atoms with Crippen molar-refractivity contribution in [3.8, 4) is 0 Å². The molecule has 0 aliphatic carbocycles. The average Bonchev–Trinajstić information content (AvgIpc) is 2.25. The maximum absolute atomic E-state index is 11.4. The molecule has 0 radical (unpaired) electrons. The molecule has 0 aromatic carbocycles. The van der Waals surface area contributed by atoms with E-state index in [0.29, 0.717) is 5.56 Å². The van der Waals surface area contributed by atoms with Gasteiger partial charge in [-0.2, -0.15) is 0 Å². The molecule has 1 aromatic rings. The summed E-state index contributed by atoms with van der Waals surface area (Å²) in [4.78, 5) is 24.6. The van der Waals surface area contributed by atoms with Crippen LogP contribution in [0.2, 0.25) is 0 Å². The van der Waals surface area contributed by atoms with Gasteiger partial charge in [-0.3, -0.25) is 14.3 Å². The van der Waals surface area contributed by atoms with Gasteiger partial charge < -0.3 is 14.9 Å². The average molecular weight is 244 g/mol. The Morgan fingerprint density at radius 1 is 1.53 bits per heavy atom. The van der Waals surface area contributed by atoms with Gasteiger partial charge in [0.2, 0.25) is 0 Å². The minimum absolute atomic E-state index is 0.146. The van der Waals surface area contributed by atoms with Crippen LogP contribution in [0.4, 0.5) is 0 Å². The van der Waals surface area contributed by atoms with Crippen molar-refractivity contribution in [2.75, 3.05) is 6.61 Å². The smallest absolute Gasteiger partial charge is 0.330 e. The number of nitrogens with one attached hydrogen (secondary N) is 1. The Balaban J connectivity index is 2.79. The molecule has 0 spiro atoms. The van der Waals surface area contributed by atoms with E-state index in [-0.39, 0.29) is 13.3 Å². The van der Waals surface area contributed by atoms with E-state index in [1.165, 1.54) is 13.1 Å². The van der Waals surface area contributed by atoms with Gasteiger partial charge in [-0.1, -0.05) is 0 Å². The first-order valence-corrected chi connectivity index (χ1v) is 5.16. The fraction of sp³-hybridized carbons (Fsp3) is 0.600. The summed E-state index contributed by atoms with van der Waals surface area (Å²) >= 11 is 0. The van der Waals surface area contributed by atoms with Crippen molar-refractivity contribution in [2.24, 2.45) is 0 Å². The van der Waals surface area contributed by atoms with Gasteiger partial charge in [0.15, 0.2) is 0 Å². The molecule has 7 heteroatoms. The predicted octanol–water partition coefficient (Wildman–Crippen LogP) is -1.44. The normalized spacial score (nSPS) is 14.6. The van der Waals surface area contributed by atoms with Gasteiger partial charge in [-0.25, -0.2) is 4.79 Å². The number of nitrogens with zero attached hydrogens (tertiary/aromatic N) is 1. The van der Waals surface area contributed by atoms with Gasteiger partial charge in [-0.15, -0.1) is 0 Å². The maximum Gasteiger partial charge on any atom is 0.330 e. The lowest BCUT2D eigenvalue weighted by atomic mass is 10.2. The Bertz CT molecular complexity index is 476. The Kier molecular flexibility index (Phi) is 4.62. The molecule has 17 heavy (non-hydrogen) atoms. The third kappa shape index (κ3) is 3.52. The number of rotatable bonds is 5. The maximum atomic E-state index is 11.4. The second kappa shape index (κ2) is 5.76. The molecule has 0 aliphatic heterocycles.